The van der Waals surface area contributed by atoms with Gasteiger partial charge in [0.25, 0.3) is 5.56 Å². The lowest BCUT2D eigenvalue weighted by atomic mass is 9.75. The van der Waals surface area contributed by atoms with Crippen molar-refractivity contribution in [2.45, 2.75) is 71.6 Å². The van der Waals surface area contributed by atoms with E-state index in [1.165, 1.54) is 18.4 Å². The van der Waals surface area contributed by atoms with Crippen LogP contribution in [0, 0.1) is 12.3 Å². The van der Waals surface area contributed by atoms with Gasteiger partial charge in [0.2, 0.25) is 0 Å². The van der Waals surface area contributed by atoms with Crippen molar-refractivity contribution < 1.29 is 19.0 Å². The lowest BCUT2D eigenvalue weighted by molar-refractivity contribution is -0.0814. The van der Waals surface area contributed by atoms with Crippen LogP contribution >= 0.6 is 22.9 Å². The van der Waals surface area contributed by atoms with Gasteiger partial charge < -0.3 is 14.2 Å². The molecule has 0 saturated carbocycles. The van der Waals surface area contributed by atoms with Crippen molar-refractivity contribution in [1.29, 1.82) is 0 Å². The van der Waals surface area contributed by atoms with Crippen LogP contribution in [-0.4, -0.2) is 71.0 Å². The van der Waals surface area contributed by atoms with E-state index in [1.54, 1.807) is 29.3 Å². The van der Waals surface area contributed by atoms with Gasteiger partial charge in [-0.15, -0.1) is 11.3 Å². The number of aryl methyl sites for hydroxylation is 2. The second-order valence-corrected chi connectivity index (χ2v) is 14.6. The number of esters is 1. The van der Waals surface area contributed by atoms with Crippen LogP contribution in [0.25, 0.3) is 21.3 Å². The number of carbonyl (C=O) groups excluding carboxylic acids is 1. The van der Waals surface area contributed by atoms with Crippen LogP contribution in [0.1, 0.15) is 61.1 Å². The van der Waals surface area contributed by atoms with Gasteiger partial charge in [-0.3, -0.25) is 19.2 Å². The number of aromatic nitrogens is 3. The fourth-order valence-corrected chi connectivity index (χ4v) is 8.45. The number of rotatable bonds is 8. The summed E-state index contributed by atoms with van der Waals surface area (Å²) in [5.74, 6) is 0.882. The maximum Gasteiger partial charge on any atom is 0.340 e. The normalized spacial score (nSPS) is 21.2. The summed E-state index contributed by atoms with van der Waals surface area (Å²) in [5.41, 5.74) is 4.30. The predicted octanol–water partition coefficient (Wildman–Crippen LogP) is 6.34. The highest BCUT2D eigenvalue weighted by atomic mass is 35.5. The van der Waals surface area contributed by atoms with E-state index in [0.717, 1.165) is 59.4 Å². The van der Waals surface area contributed by atoms with E-state index >= 15 is 0 Å². The van der Waals surface area contributed by atoms with Crippen molar-refractivity contribution in [3.05, 3.63) is 73.9 Å². The quantitative estimate of drug-likeness (QED) is 0.201. The molecule has 1 fully saturated rings. The number of hydrogen-bond acceptors (Lipinski definition) is 9. The van der Waals surface area contributed by atoms with Gasteiger partial charge in [0.1, 0.15) is 18.2 Å². The van der Waals surface area contributed by atoms with Gasteiger partial charge in [-0.25, -0.2) is 9.78 Å². The average Bonchev–Trinajstić information content (AvgIpc) is 3.47. The molecule has 1 aliphatic heterocycles. The van der Waals surface area contributed by atoms with Crippen molar-refractivity contribution in [2.24, 2.45) is 5.41 Å². The molecule has 11 heteroatoms. The highest BCUT2D eigenvalue weighted by molar-refractivity contribution is 7.18. The summed E-state index contributed by atoms with van der Waals surface area (Å²) in [6, 6.07) is 7.34. The molecule has 6 rings (SSSR count). The van der Waals surface area contributed by atoms with E-state index in [0.29, 0.717) is 40.6 Å². The summed E-state index contributed by atoms with van der Waals surface area (Å²) in [4.78, 5) is 38.2. The third-order valence-corrected chi connectivity index (χ3v) is 11.1. The minimum Gasteiger partial charge on any atom is -0.491 e. The minimum absolute atomic E-state index is 0.0177. The molecule has 0 N–H and O–H groups in total. The molecule has 0 radical (unpaired) electrons. The van der Waals surface area contributed by atoms with Crippen molar-refractivity contribution >= 4 is 39.1 Å². The number of fused-ring (bicyclic) bond motifs is 2. The van der Waals surface area contributed by atoms with Crippen molar-refractivity contribution in [3.8, 4) is 16.9 Å². The first-order valence-corrected chi connectivity index (χ1v) is 17.0. The summed E-state index contributed by atoms with van der Waals surface area (Å²) >= 11 is 7.86. The third-order valence-electron chi connectivity index (χ3n) is 9.84. The number of likely N-dealkylation sites (tertiary alicyclic amines) is 1. The van der Waals surface area contributed by atoms with E-state index in [2.05, 4.69) is 30.7 Å². The Bertz CT molecular complexity index is 1850. The predicted molar refractivity (Wildman–Crippen MR) is 181 cm³/mol. The maximum atomic E-state index is 14.0. The van der Waals surface area contributed by atoms with E-state index in [1.807, 2.05) is 25.1 Å². The van der Waals surface area contributed by atoms with Crippen LogP contribution in [0.3, 0.4) is 0 Å². The average molecular weight is 665 g/mol. The zero-order valence-electron chi connectivity index (χ0n) is 27.3. The Labute approximate surface area is 278 Å². The first-order valence-electron chi connectivity index (χ1n) is 15.7. The number of piperidine rings is 1. The van der Waals surface area contributed by atoms with Crippen LogP contribution in [0.15, 0.2) is 40.6 Å². The van der Waals surface area contributed by atoms with Gasteiger partial charge in [-0.2, -0.15) is 0 Å². The largest absolute Gasteiger partial charge is 0.491 e. The molecule has 1 aromatic carbocycles. The van der Waals surface area contributed by atoms with Gasteiger partial charge in [-0.05, 0) is 63.8 Å². The fourth-order valence-electron chi connectivity index (χ4n) is 7.25. The summed E-state index contributed by atoms with van der Waals surface area (Å²) in [6.45, 7) is 11.2. The molecule has 0 spiro atoms. The second-order valence-electron chi connectivity index (χ2n) is 13.3. The zero-order valence-corrected chi connectivity index (χ0v) is 28.9. The van der Waals surface area contributed by atoms with Crippen molar-refractivity contribution in [2.75, 3.05) is 33.9 Å². The molecule has 4 heterocycles. The number of pyridine rings is 1. The number of hydrogen-bond donors (Lipinski definition) is 0. The molecule has 2 atom stereocenters. The number of thiophene rings is 1. The summed E-state index contributed by atoms with van der Waals surface area (Å²) in [5, 5.41) is 2.31. The Morgan fingerprint density at radius 2 is 1.98 bits per heavy atom. The Hall–Kier alpha value is -3.31. The standard InChI is InChI=1S/C35H41ClN4O5S/c1-21-38-27-9-12-35(4,39-14-11-29(43-5)34(2,3)20-39)18-25(27)32(41)40(21)15-16-45-28-8-7-22(36)17-24(28)23-10-13-37-30-26(33(42)44-6)19-46-31(23)30/h7-8,10,13,17,19,29H,9,11-12,14-16,18,20H2,1-6H3. The number of carbonyl (C=O) groups is 1. The summed E-state index contributed by atoms with van der Waals surface area (Å²) in [7, 11) is 3.16. The van der Waals surface area contributed by atoms with Crippen LogP contribution < -0.4 is 10.3 Å². The fraction of sp³-hybridized carbons (Fsp3) is 0.486. The Balaban J connectivity index is 1.23. The van der Waals surface area contributed by atoms with E-state index in [4.69, 9.17) is 30.8 Å². The highest BCUT2D eigenvalue weighted by Crippen LogP contribution is 2.41. The molecule has 46 heavy (non-hydrogen) atoms. The molecule has 2 aliphatic rings. The minimum atomic E-state index is -0.433. The summed E-state index contributed by atoms with van der Waals surface area (Å²) < 4.78 is 19.6. The third kappa shape index (κ3) is 5.96. The number of halogens is 1. The van der Waals surface area contributed by atoms with Gasteiger partial charge in [0.15, 0.2) is 0 Å². The van der Waals surface area contributed by atoms with Gasteiger partial charge in [0, 0.05) is 64.4 Å². The van der Waals surface area contributed by atoms with Crippen LogP contribution in [0.5, 0.6) is 5.75 Å². The van der Waals surface area contributed by atoms with Crippen LogP contribution in [0.2, 0.25) is 5.02 Å². The Kier molecular flexibility index (Phi) is 9.02. The monoisotopic (exact) mass is 664 g/mol. The molecule has 244 valence electrons. The summed E-state index contributed by atoms with van der Waals surface area (Å²) in [6.07, 6.45) is 5.32. The lowest BCUT2D eigenvalue weighted by Crippen LogP contribution is -2.59. The Morgan fingerprint density at radius 3 is 2.72 bits per heavy atom. The first kappa shape index (κ1) is 32.6. The molecule has 4 aromatic rings. The first-order chi connectivity index (χ1) is 22.0. The van der Waals surface area contributed by atoms with E-state index in [-0.39, 0.29) is 29.2 Å². The highest BCUT2D eigenvalue weighted by Gasteiger charge is 2.44. The molecule has 2 unspecified atom stereocenters. The molecule has 1 saturated heterocycles. The van der Waals surface area contributed by atoms with E-state index in [9.17, 15) is 9.59 Å². The van der Waals surface area contributed by atoms with Gasteiger partial charge in [-0.1, -0.05) is 25.4 Å². The lowest BCUT2D eigenvalue weighted by Gasteiger charge is -2.52. The molecular formula is C35H41ClN4O5S. The zero-order chi connectivity index (χ0) is 32.8. The SMILES string of the molecule is COC(=O)c1csc2c(-c3cc(Cl)ccc3OCCn3c(C)nc4c(c3=O)CC(C)(N3CCC(OC)C(C)(C)C3)CC4)ccnc12. The molecular weight excluding hydrogens is 624 g/mol. The Morgan fingerprint density at radius 1 is 1.17 bits per heavy atom. The molecule has 0 amide bonds. The smallest absolute Gasteiger partial charge is 0.340 e. The van der Waals surface area contributed by atoms with Gasteiger partial charge >= 0.3 is 5.97 Å². The number of nitrogens with zero attached hydrogens (tertiary/aromatic N) is 4. The number of ether oxygens (including phenoxy) is 3. The molecule has 1 aliphatic carbocycles. The van der Waals surface area contributed by atoms with Crippen LogP contribution in [-0.2, 0) is 28.9 Å². The molecule has 3 aromatic heterocycles. The van der Waals surface area contributed by atoms with Crippen molar-refractivity contribution in [3.63, 3.8) is 0 Å². The second kappa shape index (κ2) is 12.7. The number of benzene rings is 1. The molecule has 9 nitrogen and oxygen atoms in total. The number of methoxy groups -OCH3 is 2. The van der Waals surface area contributed by atoms with Crippen LogP contribution in [0.4, 0.5) is 0 Å². The van der Waals surface area contributed by atoms with Crippen molar-refractivity contribution in [1.82, 2.24) is 19.4 Å². The van der Waals surface area contributed by atoms with E-state index < -0.39 is 5.97 Å². The van der Waals surface area contributed by atoms with Gasteiger partial charge in [0.05, 0.1) is 41.2 Å². The molecule has 0 bridgehead atoms. The maximum absolute atomic E-state index is 14.0. The topological polar surface area (TPSA) is 95.8 Å².